The van der Waals surface area contributed by atoms with Crippen LogP contribution in [-0.2, 0) is 13.0 Å². The first-order valence-corrected chi connectivity index (χ1v) is 13.9. The van der Waals surface area contributed by atoms with Crippen LogP contribution in [0.5, 0.6) is 0 Å². The minimum absolute atomic E-state index is 0.242. The fraction of sp³-hybridized carbons (Fsp3) is 0.194. The fourth-order valence-corrected chi connectivity index (χ4v) is 6.78. The third-order valence-electron chi connectivity index (χ3n) is 8.46. The average Bonchev–Trinajstić information content (AvgIpc) is 2.96. The summed E-state index contributed by atoms with van der Waals surface area (Å²) in [4.78, 5) is 4.98. The molecule has 6 aromatic rings. The van der Waals surface area contributed by atoms with Gasteiger partial charge in [0.1, 0.15) is 5.82 Å². The van der Waals surface area contributed by atoms with E-state index in [1.165, 1.54) is 27.5 Å². The molecule has 2 unspecified atom stereocenters. The molecule has 0 saturated heterocycles. The highest BCUT2D eigenvalue weighted by Crippen LogP contribution is 2.45. The summed E-state index contributed by atoms with van der Waals surface area (Å²) in [7, 11) is 1.91. The van der Waals surface area contributed by atoms with E-state index in [2.05, 4.69) is 79.0 Å². The van der Waals surface area contributed by atoms with Gasteiger partial charge in [-0.15, -0.1) is 0 Å². The lowest BCUT2D eigenvalue weighted by molar-refractivity contribution is 0.467. The highest BCUT2D eigenvalue weighted by molar-refractivity contribution is 6.13. The minimum atomic E-state index is -0.242. The SMILES string of the molecule is CNCc1nc(-c2c(F)ccc3c2ccc2c4c(ccc23)CC(C)CC4c2ccccc2)cc2ccccc12. The van der Waals surface area contributed by atoms with E-state index >= 15 is 4.39 Å². The number of aromatic nitrogens is 1. The van der Waals surface area contributed by atoms with Crippen LogP contribution in [0.4, 0.5) is 4.39 Å². The van der Waals surface area contributed by atoms with Gasteiger partial charge in [-0.25, -0.2) is 4.39 Å². The number of nitrogens with one attached hydrogen (secondary N) is 1. The molecule has 0 saturated carbocycles. The standard InChI is InChI=1S/C36H31FN2/c1-22-18-25-12-13-27-28-16-17-32(37)36(33-20-24-10-6-7-11-26(24)34(39-33)21-38-2)30(28)15-14-29(27)35(25)31(19-22)23-8-4-3-5-9-23/h3-17,20,22,31,38H,18-19,21H2,1-2H3. The van der Waals surface area contributed by atoms with E-state index in [-0.39, 0.29) is 5.82 Å². The van der Waals surface area contributed by atoms with E-state index in [0.29, 0.717) is 29.6 Å². The molecule has 0 fully saturated rings. The molecule has 2 atom stereocenters. The normalized spacial score (nSPS) is 17.1. The zero-order valence-corrected chi connectivity index (χ0v) is 22.3. The number of nitrogens with zero attached hydrogens (tertiary/aromatic N) is 1. The number of fused-ring (bicyclic) bond motifs is 6. The maximum absolute atomic E-state index is 15.7. The maximum atomic E-state index is 15.7. The van der Waals surface area contributed by atoms with E-state index in [9.17, 15) is 0 Å². The number of hydrogen-bond donors (Lipinski definition) is 1. The lowest BCUT2D eigenvalue weighted by Gasteiger charge is -2.32. The topological polar surface area (TPSA) is 24.9 Å². The van der Waals surface area contributed by atoms with Crippen LogP contribution >= 0.6 is 0 Å². The van der Waals surface area contributed by atoms with Gasteiger partial charge in [-0.05, 0) is 81.6 Å². The van der Waals surface area contributed by atoms with Crippen LogP contribution in [0.1, 0.15) is 41.6 Å². The summed E-state index contributed by atoms with van der Waals surface area (Å²) in [6, 6.07) is 33.6. The van der Waals surface area contributed by atoms with Gasteiger partial charge in [0.15, 0.2) is 0 Å². The van der Waals surface area contributed by atoms with Crippen molar-refractivity contribution in [3.05, 3.63) is 125 Å². The van der Waals surface area contributed by atoms with Crippen molar-refractivity contribution in [2.45, 2.75) is 32.2 Å². The summed E-state index contributed by atoms with van der Waals surface area (Å²) < 4.78 is 15.7. The number of hydrogen-bond acceptors (Lipinski definition) is 2. The predicted octanol–water partition coefficient (Wildman–Crippen LogP) is 8.78. The van der Waals surface area contributed by atoms with Crippen LogP contribution < -0.4 is 5.32 Å². The number of halogens is 1. The molecule has 5 aromatic carbocycles. The maximum Gasteiger partial charge on any atom is 0.133 e. The first-order chi connectivity index (χ1) is 19.1. The van der Waals surface area contributed by atoms with Crippen LogP contribution in [0.2, 0.25) is 0 Å². The third-order valence-corrected chi connectivity index (χ3v) is 8.46. The van der Waals surface area contributed by atoms with Crippen molar-refractivity contribution in [1.82, 2.24) is 10.3 Å². The van der Waals surface area contributed by atoms with E-state index < -0.39 is 0 Å². The zero-order chi connectivity index (χ0) is 26.5. The van der Waals surface area contributed by atoms with Crippen molar-refractivity contribution in [1.29, 1.82) is 0 Å². The monoisotopic (exact) mass is 510 g/mol. The molecule has 1 N–H and O–H groups in total. The molecule has 1 heterocycles. The summed E-state index contributed by atoms with van der Waals surface area (Å²) >= 11 is 0. The van der Waals surface area contributed by atoms with E-state index in [1.54, 1.807) is 6.07 Å². The molecule has 0 bridgehead atoms. The van der Waals surface area contributed by atoms with Crippen LogP contribution in [0.25, 0.3) is 43.6 Å². The highest BCUT2D eigenvalue weighted by Gasteiger charge is 2.28. The smallest absolute Gasteiger partial charge is 0.133 e. The second kappa shape index (κ2) is 9.59. The van der Waals surface area contributed by atoms with Crippen LogP contribution in [0.15, 0.2) is 97.1 Å². The Morgan fingerprint density at radius 2 is 1.51 bits per heavy atom. The Kier molecular flexibility index (Phi) is 5.90. The van der Waals surface area contributed by atoms with Gasteiger partial charge in [0.05, 0.1) is 11.4 Å². The number of benzene rings is 5. The van der Waals surface area contributed by atoms with Crippen molar-refractivity contribution in [3.8, 4) is 11.3 Å². The van der Waals surface area contributed by atoms with Gasteiger partial charge in [0.2, 0.25) is 0 Å². The summed E-state index contributed by atoms with van der Waals surface area (Å²) in [6.07, 6.45) is 2.23. The molecule has 39 heavy (non-hydrogen) atoms. The quantitative estimate of drug-likeness (QED) is 0.240. The summed E-state index contributed by atoms with van der Waals surface area (Å²) in [5, 5.41) is 9.82. The Balaban J connectivity index is 1.48. The second-order valence-electron chi connectivity index (χ2n) is 11.0. The Hall–Kier alpha value is -4.08. The van der Waals surface area contributed by atoms with Gasteiger partial charge < -0.3 is 5.32 Å². The lowest BCUT2D eigenvalue weighted by atomic mass is 9.72. The van der Waals surface area contributed by atoms with E-state index in [4.69, 9.17) is 4.98 Å². The van der Waals surface area contributed by atoms with Gasteiger partial charge in [-0.3, -0.25) is 4.98 Å². The first kappa shape index (κ1) is 24.0. The highest BCUT2D eigenvalue weighted by atomic mass is 19.1. The van der Waals surface area contributed by atoms with Crippen LogP contribution in [0, 0.1) is 11.7 Å². The number of rotatable bonds is 4. The molecule has 3 heteroatoms. The Morgan fingerprint density at radius 3 is 2.36 bits per heavy atom. The fourth-order valence-electron chi connectivity index (χ4n) is 6.78. The van der Waals surface area contributed by atoms with Gasteiger partial charge in [0.25, 0.3) is 0 Å². The Labute approximate surface area is 228 Å². The minimum Gasteiger partial charge on any atom is -0.314 e. The average molecular weight is 511 g/mol. The van der Waals surface area contributed by atoms with Crippen molar-refractivity contribution in [2.24, 2.45) is 5.92 Å². The third kappa shape index (κ3) is 4.00. The molecule has 0 radical (unpaired) electrons. The van der Waals surface area contributed by atoms with Crippen molar-refractivity contribution < 1.29 is 4.39 Å². The molecule has 1 aliphatic rings. The van der Waals surface area contributed by atoms with Gasteiger partial charge in [0, 0.05) is 23.4 Å². The molecule has 2 nitrogen and oxygen atoms in total. The molecule has 192 valence electrons. The second-order valence-corrected chi connectivity index (χ2v) is 11.0. The predicted molar refractivity (Wildman–Crippen MR) is 161 cm³/mol. The number of pyridine rings is 1. The molecule has 0 amide bonds. The van der Waals surface area contributed by atoms with Gasteiger partial charge in [-0.2, -0.15) is 0 Å². The molecule has 0 aliphatic heterocycles. The summed E-state index contributed by atoms with van der Waals surface area (Å²) in [6.45, 7) is 2.98. The van der Waals surface area contributed by atoms with E-state index in [1.807, 2.05) is 31.3 Å². The molecule has 0 spiro atoms. The van der Waals surface area contributed by atoms with Gasteiger partial charge in [-0.1, -0.05) is 91.9 Å². The van der Waals surface area contributed by atoms with E-state index in [0.717, 1.165) is 40.1 Å². The lowest BCUT2D eigenvalue weighted by Crippen LogP contribution is -2.18. The molecular weight excluding hydrogens is 479 g/mol. The summed E-state index contributed by atoms with van der Waals surface area (Å²) in [5.74, 6) is 0.748. The Bertz CT molecular complexity index is 1860. The molecule has 7 rings (SSSR count). The first-order valence-electron chi connectivity index (χ1n) is 13.9. The van der Waals surface area contributed by atoms with Crippen molar-refractivity contribution >= 4 is 32.3 Å². The van der Waals surface area contributed by atoms with Crippen LogP contribution in [-0.4, -0.2) is 12.0 Å². The Morgan fingerprint density at radius 1 is 0.795 bits per heavy atom. The van der Waals surface area contributed by atoms with Crippen molar-refractivity contribution in [2.75, 3.05) is 7.05 Å². The molecule has 1 aromatic heterocycles. The largest absolute Gasteiger partial charge is 0.314 e. The van der Waals surface area contributed by atoms with Gasteiger partial charge >= 0.3 is 0 Å². The van der Waals surface area contributed by atoms with Crippen molar-refractivity contribution in [3.63, 3.8) is 0 Å². The molecular formula is C36H31FN2. The molecule has 1 aliphatic carbocycles. The zero-order valence-electron chi connectivity index (χ0n) is 22.3. The summed E-state index contributed by atoms with van der Waals surface area (Å²) in [5.41, 5.74) is 6.42. The van der Waals surface area contributed by atoms with Crippen LogP contribution in [0.3, 0.4) is 0 Å².